The van der Waals surface area contributed by atoms with Crippen molar-refractivity contribution in [2.45, 2.75) is 45.6 Å². The standard InChI is InChI=1S/C24H30N2O3/c1-3-29-22-12-8-7-11-21(22)26-24(28)20-15-13-19(14-16-20)23(27)25-17(2)18-9-5-4-6-10-18/h4-12,17,19-20H,3,13-16H2,1-2H3,(H,25,27)(H,26,28). The first kappa shape index (κ1) is 20.9. The van der Waals surface area contributed by atoms with Gasteiger partial charge in [0.05, 0.1) is 18.3 Å². The molecule has 154 valence electrons. The number of hydrogen-bond acceptors (Lipinski definition) is 3. The molecule has 2 aromatic carbocycles. The van der Waals surface area contributed by atoms with Gasteiger partial charge in [0.2, 0.25) is 11.8 Å². The molecule has 0 aromatic heterocycles. The minimum absolute atomic E-state index is 0.00802. The zero-order valence-electron chi connectivity index (χ0n) is 17.2. The minimum atomic E-state index is -0.0692. The van der Waals surface area contributed by atoms with Crippen LogP contribution in [0.2, 0.25) is 0 Å². The number of carbonyl (C=O) groups is 2. The first-order chi connectivity index (χ1) is 14.1. The summed E-state index contributed by atoms with van der Waals surface area (Å²) in [6.45, 7) is 4.47. The highest BCUT2D eigenvalue weighted by Crippen LogP contribution is 2.32. The number of rotatable bonds is 7. The van der Waals surface area contributed by atoms with E-state index < -0.39 is 0 Å². The van der Waals surface area contributed by atoms with E-state index in [9.17, 15) is 9.59 Å². The van der Waals surface area contributed by atoms with E-state index in [4.69, 9.17) is 4.74 Å². The fraction of sp³-hybridized carbons (Fsp3) is 0.417. The van der Waals surface area contributed by atoms with Crippen LogP contribution in [0, 0.1) is 11.8 Å². The van der Waals surface area contributed by atoms with Gasteiger partial charge in [0, 0.05) is 11.8 Å². The largest absolute Gasteiger partial charge is 0.492 e. The molecule has 1 atom stereocenters. The molecule has 0 bridgehead atoms. The predicted octanol–water partition coefficient (Wildman–Crippen LogP) is 4.71. The molecule has 5 heteroatoms. The Morgan fingerprint density at radius 3 is 2.17 bits per heavy atom. The van der Waals surface area contributed by atoms with Crippen LogP contribution in [0.15, 0.2) is 54.6 Å². The van der Waals surface area contributed by atoms with Crippen LogP contribution >= 0.6 is 0 Å². The predicted molar refractivity (Wildman–Crippen MR) is 115 cm³/mol. The molecule has 1 unspecified atom stereocenters. The Hall–Kier alpha value is -2.82. The van der Waals surface area contributed by atoms with Crippen LogP contribution in [0.3, 0.4) is 0 Å². The van der Waals surface area contributed by atoms with Crippen molar-refractivity contribution in [1.29, 1.82) is 0 Å². The number of nitrogens with one attached hydrogen (secondary N) is 2. The second-order valence-electron chi connectivity index (χ2n) is 7.61. The van der Waals surface area contributed by atoms with E-state index in [1.165, 1.54) is 0 Å². The molecule has 3 rings (SSSR count). The molecular formula is C24H30N2O3. The highest BCUT2D eigenvalue weighted by molar-refractivity contribution is 5.94. The van der Waals surface area contributed by atoms with Gasteiger partial charge >= 0.3 is 0 Å². The minimum Gasteiger partial charge on any atom is -0.492 e. The maximum absolute atomic E-state index is 12.7. The molecule has 2 aromatic rings. The van der Waals surface area contributed by atoms with E-state index in [1.54, 1.807) is 0 Å². The van der Waals surface area contributed by atoms with Gasteiger partial charge in [-0.25, -0.2) is 0 Å². The topological polar surface area (TPSA) is 67.4 Å². The molecule has 0 heterocycles. The molecule has 0 radical (unpaired) electrons. The van der Waals surface area contributed by atoms with Crippen molar-refractivity contribution in [3.63, 3.8) is 0 Å². The number of hydrogen-bond donors (Lipinski definition) is 2. The average molecular weight is 395 g/mol. The van der Waals surface area contributed by atoms with Gasteiger partial charge in [-0.3, -0.25) is 9.59 Å². The van der Waals surface area contributed by atoms with E-state index in [2.05, 4.69) is 10.6 Å². The van der Waals surface area contributed by atoms with Crippen molar-refractivity contribution >= 4 is 17.5 Å². The summed E-state index contributed by atoms with van der Waals surface area (Å²) in [4.78, 5) is 25.3. The quantitative estimate of drug-likeness (QED) is 0.715. The van der Waals surface area contributed by atoms with Gasteiger partial charge < -0.3 is 15.4 Å². The molecular weight excluding hydrogens is 364 g/mol. The lowest BCUT2D eigenvalue weighted by Crippen LogP contribution is -2.36. The first-order valence-electron chi connectivity index (χ1n) is 10.5. The highest BCUT2D eigenvalue weighted by atomic mass is 16.5. The molecule has 5 nitrogen and oxygen atoms in total. The summed E-state index contributed by atoms with van der Waals surface area (Å²) in [5, 5.41) is 6.11. The summed E-state index contributed by atoms with van der Waals surface area (Å²) in [6.07, 6.45) is 2.91. The van der Waals surface area contributed by atoms with Crippen LogP contribution in [0.5, 0.6) is 5.75 Å². The lowest BCUT2D eigenvalue weighted by molar-refractivity contribution is -0.129. The summed E-state index contributed by atoms with van der Waals surface area (Å²) >= 11 is 0. The summed E-state index contributed by atoms with van der Waals surface area (Å²) in [5.74, 6) is 0.683. The van der Waals surface area contributed by atoms with Gasteiger partial charge in [0.15, 0.2) is 0 Å². The SMILES string of the molecule is CCOc1ccccc1NC(=O)C1CCC(C(=O)NC(C)c2ccccc2)CC1. The van der Waals surface area contributed by atoms with Crippen molar-refractivity contribution in [3.8, 4) is 5.75 Å². The Bertz CT molecular complexity index is 814. The van der Waals surface area contributed by atoms with E-state index in [-0.39, 0.29) is 29.7 Å². The van der Waals surface area contributed by atoms with Crippen LogP contribution in [0.25, 0.3) is 0 Å². The second kappa shape index (κ2) is 10.1. The number of para-hydroxylation sites is 2. The third-order valence-corrected chi connectivity index (χ3v) is 5.57. The summed E-state index contributed by atoms with van der Waals surface area (Å²) in [7, 11) is 0. The molecule has 1 aliphatic carbocycles. The lowest BCUT2D eigenvalue weighted by atomic mass is 9.81. The zero-order chi connectivity index (χ0) is 20.6. The molecule has 29 heavy (non-hydrogen) atoms. The molecule has 1 aliphatic rings. The summed E-state index contributed by atoms with van der Waals surface area (Å²) in [5.41, 5.74) is 1.80. The van der Waals surface area contributed by atoms with Crippen molar-refractivity contribution in [2.75, 3.05) is 11.9 Å². The molecule has 2 N–H and O–H groups in total. The monoisotopic (exact) mass is 394 g/mol. The van der Waals surface area contributed by atoms with Crippen molar-refractivity contribution < 1.29 is 14.3 Å². The number of amides is 2. The molecule has 0 saturated heterocycles. The van der Waals surface area contributed by atoms with Crippen LogP contribution in [0.1, 0.15) is 51.1 Å². The van der Waals surface area contributed by atoms with Crippen molar-refractivity contribution in [1.82, 2.24) is 5.32 Å². The van der Waals surface area contributed by atoms with E-state index in [0.29, 0.717) is 18.0 Å². The third-order valence-electron chi connectivity index (χ3n) is 5.57. The fourth-order valence-electron chi connectivity index (χ4n) is 3.86. The van der Waals surface area contributed by atoms with Crippen molar-refractivity contribution in [2.24, 2.45) is 11.8 Å². The molecule has 1 saturated carbocycles. The Labute approximate surface area is 172 Å². The fourth-order valence-corrected chi connectivity index (χ4v) is 3.86. The third kappa shape index (κ3) is 5.59. The maximum atomic E-state index is 12.7. The van der Waals surface area contributed by atoms with Gasteiger partial charge in [-0.15, -0.1) is 0 Å². The average Bonchev–Trinajstić information content (AvgIpc) is 2.76. The second-order valence-corrected chi connectivity index (χ2v) is 7.61. The maximum Gasteiger partial charge on any atom is 0.227 e. The van der Waals surface area contributed by atoms with Gasteiger partial charge in [-0.2, -0.15) is 0 Å². The Balaban J connectivity index is 1.50. The van der Waals surface area contributed by atoms with Gasteiger partial charge in [0.25, 0.3) is 0 Å². The van der Waals surface area contributed by atoms with Gasteiger partial charge in [-0.05, 0) is 57.2 Å². The van der Waals surface area contributed by atoms with Gasteiger partial charge in [-0.1, -0.05) is 42.5 Å². The molecule has 0 spiro atoms. The van der Waals surface area contributed by atoms with Gasteiger partial charge in [0.1, 0.15) is 5.75 Å². The van der Waals surface area contributed by atoms with Crippen molar-refractivity contribution in [3.05, 3.63) is 60.2 Å². The van der Waals surface area contributed by atoms with E-state index in [1.807, 2.05) is 68.4 Å². The summed E-state index contributed by atoms with van der Waals surface area (Å²) < 4.78 is 5.58. The zero-order valence-corrected chi connectivity index (χ0v) is 17.2. The number of anilines is 1. The van der Waals surface area contributed by atoms with Crippen LogP contribution < -0.4 is 15.4 Å². The number of ether oxygens (including phenoxy) is 1. The Morgan fingerprint density at radius 1 is 0.931 bits per heavy atom. The van der Waals surface area contributed by atoms with Crippen LogP contribution in [-0.4, -0.2) is 18.4 Å². The molecule has 1 fully saturated rings. The van der Waals surface area contributed by atoms with E-state index in [0.717, 1.165) is 31.2 Å². The van der Waals surface area contributed by atoms with E-state index >= 15 is 0 Å². The first-order valence-corrected chi connectivity index (χ1v) is 10.5. The Kier molecular flexibility index (Phi) is 7.28. The molecule has 2 amide bonds. The lowest BCUT2D eigenvalue weighted by Gasteiger charge is -2.28. The van der Waals surface area contributed by atoms with Crippen LogP contribution in [0.4, 0.5) is 5.69 Å². The number of carbonyl (C=O) groups excluding carboxylic acids is 2. The molecule has 0 aliphatic heterocycles. The smallest absolute Gasteiger partial charge is 0.227 e. The number of benzene rings is 2. The van der Waals surface area contributed by atoms with Crippen LogP contribution in [-0.2, 0) is 9.59 Å². The highest BCUT2D eigenvalue weighted by Gasteiger charge is 2.30. The summed E-state index contributed by atoms with van der Waals surface area (Å²) in [6, 6.07) is 17.4. The normalized spacial score (nSPS) is 19.8. The Morgan fingerprint density at radius 2 is 1.52 bits per heavy atom.